The van der Waals surface area contributed by atoms with Crippen LogP contribution in [0, 0.1) is 0 Å². The van der Waals surface area contributed by atoms with Gasteiger partial charge in [-0.3, -0.25) is 0 Å². The van der Waals surface area contributed by atoms with Crippen LogP contribution in [0.25, 0.3) is 88.0 Å². The van der Waals surface area contributed by atoms with Crippen LogP contribution < -0.4 is 4.90 Å². The second-order valence-corrected chi connectivity index (χ2v) is 17.5. The van der Waals surface area contributed by atoms with Gasteiger partial charge in [-0.05, 0) is 125 Å². The minimum atomic E-state index is -0.479. The summed E-state index contributed by atoms with van der Waals surface area (Å²) in [6.07, 6.45) is 0. The van der Waals surface area contributed by atoms with Crippen molar-refractivity contribution in [2.75, 3.05) is 4.90 Å². The van der Waals surface area contributed by atoms with Crippen molar-refractivity contribution in [3.05, 3.63) is 259 Å². The van der Waals surface area contributed by atoms with E-state index in [1.807, 2.05) is 0 Å². The fourth-order valence-electron chi connectivity index (χ4n) is 11.6. The molecule has 1 spiro atoms. The van der Waals surface area contributed by atoms with Crippen LogP contribution in [0.5, 0.6) is 0 Å². The molecule has 0 radical (unpaired) electrons. The zero-order valence-corrected chi connectivity index (χ0v) is 35.4. The lowest BCUT2D eigenvalue weighted by Gasteiger charge is -2.32. The average molecular weight is 826 g/mol. The van der Waals surface area contributed by atoms with Crippen molar-refractivity contribution in [2.45, 2.75) is 5.41 Å². The maximum atomic E-state index is 7.04. The first-order chi connectivity index (χ1) is 32.3. The Labute approximate surface area is 376 Å². The van der Waals surface area contributed by atoms with Crippen LogP contribution in [0.2, 0.25) is 0 Å². The molecule has 1 aromatic heterocycles. The molecule has 0 saturated carbocycles. The third-order valence-electron chi connectivity index (χ3n) is 14.3. The molecular formula is C63H39NO. The predicted molar refractivity (Wildman–Crippen MR) is 271 cm³/mol. The smallest absolute Gasteiger partial charge is 0.143 e. The van der Waals surface area contributed by atoms with E-state index in [1.54, 1.807) is 0 Å². The van der Waals surface area contributed by atoms with Crippen molar-refractivity contribution in [1.29, 1.82) is 0 Å². The van der Waals surface area contributed by atoms with E-state index >= 15 is 0 Å². The fraction of sp³-hybridized carbons (Fsp3) is 0.0159. The lowest BCUT2D eigenvalue weighted by Crippen LogP contribution is -2.26. The topological polar surface area (TPSA) is 16.4 Å². The second kappa shape index (κ2) is 13.8. The summed E-state index contributed by atoms with van der Waals surface area (Å²) in [5.41, 5.74) is 19.7. The van der Waals surface area contributed by atoms with Gasteiger partial charge in [-0.2, -0.15) is 0 Å². The Bertz CT molecular complexity index is 3840. The monoisotopic (exact) mass is 825 g/mol. The molecule has 12 aromatic rings. The second-order valence-electron chi connectivity index (χ2n) is 17.5. The zero-order chi connectivity index (χ0) is 42.6. The average Bonchev–Trinajstić information content (AvgIpc) is 4.01. The molecule has 0 aliphatic heterocycles. The SMILES string of the molecule is c1ccc(-c2cccc(N(c3ccc4c(c3)C3(c5ccccc5-c5ccccc53)c3ccccc3-4)c3cccc4oc5c6ccccc6c(-c6cccc7ccccc67)cc5c34)c2)cc1. The molecule has 0 saturated heterocycles. The maximum absolute atomic E-state index is 7.04. The van der Waals surface area contributed by atoms with E-state index in [2.05, 4.69) is 241 Å². The Morgan fingerprint density at radius 1 is 0.323 bits per heavy atom. The van der Waals surface area contributed by atoms with Crippen LogP contribution in [0.3, 0.4) is 0 Å². The summed E-state index contributed by atoms with van der Waals surface area (Å²) in [4.78, 5) is 2.47. The molecule has 0 amide bonds. The van der Waals surface area contributed by atoms with Crippen LogP contribution in [-0.2, 0) is 5.41 Å². The number of rotatable bonds is 5. The van der Waals surface area contributed by atoms with Gasteiger partial charge in [0.15, 0.2) is 0 Å². The molecular weight excluding hydrogens is 787 g/mol. The van der Waals surface area contributed by atoms with Crippen molar-refractivity contribution in [3.8, 4) is 44.5 Å². The van der Waals surface area contributed by atoms with Crippen molar-refractivity contribution < 1.29 is 4.42 Å². The highest BCUT2D eigenvalue weighted by atomic mass is 16.3. The van der Waals surface area contributed by atoms with Gasteiger partial charge in [0.05, 0.1) is 16.5 Å². The quantitative estimate of drug-likeness (QED) is 0.172. The van der Waals surface area contributed by atoms with Crippen molar-refractivity contribution in [2.24, 2.45) is 0 Å². The summed E-state index contributed by atoms with van der Waals surface area (Å²) in [6, 6.07) is 87.0. The molecule has 1 heterocycles. The molecule has 2 nitrogen and oxygen atoms in total. The largest absolute Gasteiger partial charge is 0.455 e. The van der Waals surface area contributed by atoms with Crippen LogP contribution >= 0.6 is 0 Å². The molecule has 2 aliphatic rings. The number of furan rings is 1. The van der Waals surface area contributed by atoms with Gasteiger partial charge in [-0.1, -0.05) is 194 Å². The Balaban J connectivity index is 1.07. The van der Waals surface area contributed by atoms with Gasteiger partial charge in [0.2, 0.25) is 0 Å². The lowest BCUT2D eigenvalue weighted by atomic mass is 9.70. The number of anilines is 3. The van der Waals surface area contributed by atoms with Gasteiger partial charge >= 0.3 is 0 Å². The molecule has 11 aromatic carbocycles. The van der Waals surface area contributed by atoms with Crippen molar-refractivity contribution in [3.63, 3.8) is 0 Å². The van der Waals surface area contributed by atoms with E-state index in [0.717, 1.165) is 50.0 Å². The van der Waals surface area contributed by atoms with Crippen LogP contribution in [0.4, 0.5) is 17.1 Å². The standard InChI is InChI=1S/C63H39NO/c1-2-17-40(18-3-1)42-21-14-22-43(37-42)64(44-35-36-51-50-27-10-13-32-57(50)63(58(51)38-44)55-30-11-8-25-48(55)49-26-9-12-31-56(49)63)59-33-16-34-60-61(59)54-39-53(47-24-6-7-28-52(47)62(54)65-60)46-29-15-20-41-19-4-5-23-45(41)46/h1-39H. The molecule has 65 heavy (non-hydrogen) atoms. The summed E-state index contributed by atoms with van der Waals surface area (Å²) in [6.45, 7) is 0. The van der Waals surface area contributed by atoms with E-state index < -0.39 is 5.41 Å². The third kappa shape index (κ3) is 5.05. The molecule has 302 valence electrons. The predicted octanol–water partition coefficient (Wildman–Crippen LogP) is 17.0. The van der Waals surface area contributed by atoms with E-state index in [0.29, 0.717) is 0 Å². The van der Waals surface area contributed by atoms with Crippen LogP contribution in [-0.4, -0.2) is 0 Å². The highest BCUT2D eigenvalue weighted by molar-refractivity contribution is 6.23. The van der Waals surface area contributed by atoms with Gasteiger partial charge in [0, 0.05) is 22.1 Å². The van der Waals surface area contributed by atoms with Crippen molar-refractivity contribution >= 4 is 60.5 Å². The van der Waals surface area contributed by atoms with E-state index in [9.17, 15) is 0 Å². The number of hydrogen-bond acceptors (Lipinski definition) is 2. The summed E-state index contributed by atoms with van der Waals surface area (Å²) in [5.74, 6) is 0. The number of fused-ring (bicyclic) bond motifs is 16. The summed E-state index contributed by atoms with van der Waals surface area (Å²) >= 11 is 0. The van der Waals surface area contributed by atoms with Gasteiger partial charge in [0.1, 0.15) is 11.2 Å². The van der Waals surface area contributed by atoms with Gasteiger partial charge in [-0.25, -0.2) is 0 Å². The van der Waals surface area contributed by atoms with Crippen LogP contribution in [0.15, 0.2) is 241 Å². The first-order valence-electron chi connectivity index (χ1n) is 22.5. The third-order valence-corrected chi connectivity index (χ3v) is 14.3. The van der Waals surface area contributed by atoms with Gasteiger partial charge < -0.3 is 9.32 Å². The van der Waals surface area contributed by atoms with E-state index in [1.165, 1.54) is 77.4 Å². The summed E-state index contributed by atoms with van der Waals surface area (Å²) in [7, 11) is 0. The van der Waals surface area contributed by atoms with Crippen molar-refractivity contribution in [1.82, 2.24) is 0 Å². The Morgan fingerprint density at radius 2 is 0.877 bits per heavy atom. The summed E-state index contributed by atoms with van der Waals surface area (Å²) < 4.78 is 7.04. The molecule has 0 unspecified atom stereocenters. The highest BCUT2D eigenvalue weighted by Crippen LogP contribution is 2.63. The first-order valence-corrected chi connectivity index (χ1v) is 22.5. The molecule has 0 atom stereocenters. The van der Waals surface area contributed by atoms with Gasteiger partial charge in [0.25, 0.3) is 0 Å². The molecule has 2 aliphatic carbocycles. The first kappa shape index (κ1) is 36.1. The lowest BCUT2D eigenvalue weighted by molar-refractivity contribution is 0.672. The molecule has 0 N–H and O–H groups in total. The summed E-state index contributed by atoms with van der Waals surface area (Å²) in [5, 5.41) is 6.89. The minimum absolute atomic E-state index is 0.479. The molecule has 0 fully saturated rings. The molecule has 0 bridgehead atoms. The zero-order valence-electron chi connectivity index (χ0n) is 35.4. The van der Waals surface area contributed by atoms with E-state index in [4.69, 9.17) is 4.42 Å². The Kier molecular flexibility index (Phi) is 7.64. The fourth-order valence-corrected chi connectivity index (χ4v) is 11.6. The number of nitrogens with zero attached hydrogens (tertiary/aromatic N) is 1. The maximum Gasteiger partial charge on any atom is 0.143 e. The molecule has 14 rings (SSSR count). The number of benzene rings is 11. The van der Waals surface area contributed by atoms with Crippen LogP contribution in [0.1, 0.15) is 22.3 Å². The van der Waals surface area contributed by atoms with Gasteiger partial charge in [-0.15, -0.1) is 0 Å². The highest BCUT2D eigenvalue weighted by Gasteiger charge is 2.51. The normalized spacial score (nSPS) is 13.0. The van der Waals surface area contributed by atoms with E-state index in [-0.39, 0.29) is 0 Å². The Morgan fingerprint density at radius 3 is 1.63 bits per heavy atom. The Hall–Kier alpha value is -8.46. The molecule has 2 heteroatoms. The minimum Gasteiger partial charge on any atom is -0.455 e. The number of hydrogen-bond donors (Lipinski definition) is 0.